The maximum Gasteiger partial charge on any atom is 0.389 e. The van der Waals surface area contributed by atoms with E-state index in [9.17, 15) is 31.2 Å². The summed E-state index contributed by atoms with van der Waals surface area (Å²) in [6.45, 7) is 1.96. The van der Waals surface area contributed by atoms with Gasteiger partial charge >= 0.3 is 6.18 Å². The molecular weight excluding hydrogens is 580 g/mol. The van der Waals surface area contributed by atoms with Gasteiger partial charge in [-0.2, -0.15) is 18.3 Å². The quantitative estimate of drug-likeness (QED) is 0.221. The number of hydrogen-bond donors (Lipinski definition) is 2. The summed E-state index contributed by atoms with van der Waals surface area (Å²) in [5, 5.41) is 6.55. The fraction of sp³-hybridized carbons (Fsp3) is 0.536. The van der Waals surface area contributed by atoms with Crippen LogP contribution in [0, 0.1) is 11.7 Å². The maximum absolute atomic E-state index is 15.4. The number of carbonyl (C=O) groups excluding carboxylic acids is 2. The van der Waals surface area contributed by atoms with Crippen LogP contribution in [-0.4, -0.2) is 48.0 Å². The van der Waals surface area contributed by atoms with Gasteiger partial charge in [0.1, 0.15) is 17.1 Å². The minimum absolute atomic E-state index is 0.0278. The number of rotatable bonds is 11. The molecule has 0 saturated heterocycles. The second-order valence-electron chi connectivity index (χ2n) is 11.4. The summed E-state index contributed by atoms with van der Waals surface area (Å²) in [5.74, 6) is -2.23. The van der Waals surface area contributed by atoms with Gasteiger partial charge in [0.15, 0.2) is 0 Å². The summed E-state index contributed by atoms with van der Waals surface area (Å²) in [6.07, 6.45) is 0.148. The van der Waals surface area contributed by atoms with E-state index in [1.807, 2.05) is 4.72 Å². The molecule has 2 heterocycles. The average molecular weight is 613 g/mol. The van der Waals surface area contributed by atoms with Crippen LogP contribution in [0.25, 0.3) is 5.57 Å². The molecule has 2 aromatic rings. The largest absolute Gasteiger partial charge is 0.493 e. The monoisotopic (exact) mass is 612 g/mol. The summed E-state index contributed by atoms with van der Waals surface area (Å²) in [7, 11) is -3.96. The maximum atomic E-state index is 15.4. The molecule has 1 aromatic heterocycles. The summed E-state index contributed by atoms with van der Waals surface area (Å²) in [5.41, 5.74) is -1.26. The Kier molecular flexibility index (Phi) is 8.12. The molecule has 2 amide bonds. The van der Waals surface area contributed by atoms with Crippen LogP contribution in [-0.2, 0) is 31.7 Å². The Balaban J connectivity index is 1.42. The van der Waals surface area contributed by atoms with E-state index in [0.29, 0.717) is 31.0 Å². The van der Waals surface area contributed by atoms with Crippen molar-refractivity contribution in [2.75, 3.05) is 6.61 Å². The summed E-state index contributed by atoms with van der Waals surface area (Å²) < 4.78 is 86.6. The summed E-state index contributed by atoms with van der Waals surface area (Å²) in [6, 6.07) is 5.43. The Hall–Kier alpha value is -3.42. The number of benzene rings is 1. The highest BCUT2D eigenvalue weighted by Gasteiger charge is 2.44. The van der Waals surface area contributed by atoms with Gasteiger partial charge in [-0.25, -0.2) is 17.5 Å². The number of halogens is 4. The molecule has 0 unspecified atom stereocenters. The molecule has 1 atom stereocenters. The van der Waals surface area contributed by atoms with Crippen molar-refractivity contribution < 1.29 is 40.3 Å². The molecule has 5 rings (SSSR count). The molecule has 3 aliphatic rings. The highest BCUT2D eigenvalue weighted by atomic mass is 32.2. The lowest BCUT2D eigenvalue weighted by Gasteiger charge is -2.37. The fourth-order valence-electron chi connectivity index (χ4n) is 5.26. The van der Waals surface area contributed by atoms with E-state index in [-0.39, 0.29) is 36.3 Å². The van der Waals surface area contributed by atoms with Crippen LogP contribution in [0.1, 0.15) is 69.5 Å². The van der Waals surface area contributed by atoms with Crippen LogP contribution in [0.2, 0.25) is 0 Å². The van der Waals surface area contributed by atoms with Crippen molar-refractivity contribution in [3.05, 3.63) is 53.1 Å². The van der Waals surface area contributed by atoms with Gasteiger partial charge in [-0.3, -0.25) is 14.3 Å². The highest BCUT2D eigenvalue weighted by Crippen LogP contribution is 2.40. The topological polar surface area (TPSA) is 119 Å². The number of amides is 2. The number of aromatic nitrogens is 2. The molecule has 2 aliphatic carbocycles. The van der Waals surface area contributed by atoms with Crippen molar-refractivity contribution in [2.45, 2.75) is 81.8 Å². The van der Waals surface area contributed by atoms with Crippen molar-refractivity contribution >= 4 is 27.4 Å². The van der Waals surface area contributed by atoms with Crippen LogP contribution in [0.5, 0.6) is 5.75 Å². The van der Waals surface area contributed by atoms with Gasteiger partial charge in [-0.15, -0.1) is 0 Å². The molecule has 9 nitrogen and oxygen atoms in total. The van der Waals surface area contributed by atoms with Crippen molar-refractivity contribution in [3.8, 4) is 5.75 Å². The van der Waals surface area contributed by atoms with Gasteiger partial charge in [0.2, 0.25) is 10.0 Å². The van der Waals surface area contributed by atoms with Crippen LogP contribution in [0.3, 0.4) is 0 Å². The highest BCUT2D eigenvalue weighted by molar-refractivity contribution is 7.91. The third-order valence-corrected chi connectivity index (χ3v) is 9.72. The second-order valence-corrected chi connectivity index (χ2v) is 13.4. The van der Waals surface area contributed by atoms with Gasteiger partial charge in [-0.1, -0.05) is 12.5 Å². The van der Waals surface area contributed by atoms with Crippen LogP contribution >= 0.6 is 0 Å². The minimum Gasteiger partial charge on any atom is -0.493 e. The molecule has 228 valence electrons. The molecule has 14 heteroatoms. The molecule has 2 saturated carbocycles. The van der Waals surface area contributed by atoms with Crippen LogP contribution in [0.4, 0.5) is 17.6 Å². The van der Waals surface area contributed by atoms with E-state index in [4.69, 9.17) is 4.74 Å². The van der Waals surface area contributed by atoms with Crippen molar-refractivity contribution in [3.63, 3.8) is 0 Å². The molecule has 1 aromatic carbocycles. The molecule has 2 N–H and O–H groups in total. The van der Waals surface area contributed by atoms with E-state index in [2.05, 4.69) is 10.4 Å². The number of hydrogen-bond acceptors (Lipinski definition) is 6. The third kappa shape index (κ3) is 6.79. The number of ether oxygens (including phenoxy) is 1. The molecule has 0 bridgehead atoms. The average Bonchev–Trinajstić information content (AvgIpc) is 3.62. The third-order valence-electron chi connectivity index (χ3n) is 7.90. The number of nitrogens with zero attached hydrogens (tertiary/aromatic N) is 2. The Morgan fingerprint density at radius 2 is 1.95 bits per heavy atom. The fourth-order valence-corrected chi connectivity index (χ4v) is 6.54. The van der Waals surface area contributed by atoms with Gasteiger partial charge in [0.25, 0.3) is 11.8 Å². The Morgan fingerprint density at radius 1 is 1.21 bits per heavy atom. The van der Waals surface area contributed by atoms with E-state index >= 15 is 4.39 Å². The van der Waals surface area contributed by atoms with E-state index in [1.54, 1.807) is 23.9 Å². The molecule has 42 heavy (non-hydrogen) atoms. The molecular formula is C28H32F4N4O5S. The molecule has 1 aliphatic heterocycles. The van der Waals surface area contributed by atoms with E-state index in [0.717, 1.165) is 25.3 Å². The number of sulfonamides is 1. The van der Waals surface area contributed by atoms with Crippen molar-refractivity contribution in [2.24, 2.45) is 5.92 Å². The molecule has 0 spiro atoms. The van der Waals surface area contributed by atoms with Gasteiger partial charge in [-0.05, 0) is 57.1 Å². The first-order chi connectivity index (χ1) is 19.7. The summed E-state index contributed by atoms with van der Waals surface area (Å²) in [4.78, 5) is 26.7. The standard InChI is InChI=1S/C28H32F4N4O5S/c1-27(21-9-6-18(14-22(21)29)41-13-3-11-28(30,31)32)15-20(23-10-12-36(34-23)16-17-4-2-5-17)24(25(37)33-27)26(38)35-42(39,40)19-7-8-19/h6,9-10,12,14,17,19H,2-5,7-8,11,13,15-16H2,1H3,(H,33,37)(H,35,38)/t27-/m0/s1. The van der Waals surface area contributed by atoms with Gasteiger partial charge in [0, 0.05) is 42.8 Å². The zero-order chi connectivity index (χ0) is 30.3. The number of carbonyl (C=O) groups is 2. The van der Waals surface area contributed by atoms with Crippen molar-refractivity contribution in [1.29, 1.82) is 0 Å². The first kappa shape index (κ1) is 30.1. The zero-order valence-electron chi connectivity index (χ0n) is 23.0. The van der Waals surface area contributed by atoms with Gasteiger partial charge < -0.3 is 10.1 Å². The lowest BCUT2D eigenvalue weighted by Crippen LogP contribution is -2.51. The Morgan fingerprint density at radius 3 is 2.57 bits per heavy atom. The normalized spacial score (nSPS) is 21.6. The first-order valence-electron chi connectivity index (χ1n) is 13.9. The van der Waals surface area contributed by atoms with Crippen molar-refractivity contribution in [1.82, 2.24) is 19.8 Å². The molecule has 0 radical (unpaired) electrons. The minimum atomic E-state index is -4.32. The SMILES string of the molecule is C[C@@]1(c2ccc(OCCCC(F)(F)F)cc2F)CC(c2ccn(CC3CCC3)n2)=C(C(=O)NS(=O)(=O)C2CC2)C(=O)N1. The number of alkyl halides is 3. The molecule has 2 fully saturated rings. The van der Waals surface area contributed by atoms with E-state index < -0.39 is 56.6 Å². The second kappa shape index (κ2) is 11.3. The van der Waals surface area contributed by atoms with Crippen LogP contribution in [0.15, 0.2) is 36.0 Å². The lowest BCUT2D eigenvalue weighted by atomic mass is 9.79. The van der Waals surface area contributed by atoms with Gasteiger partial charge in [0.05, 0.1) is 23.1 Å². The predicted octanol–water partition coefficient (Wildman–Crippen LogP) is 4.34. The Labute approximate surface area is 240 Å². The smallest absolute Gasteiger partial charge is 0.389 e. The van der Waals surface area contributed by atoms with E-state index in [1.165, 1.54) is 12.1 Å². The Bertz CT molecular complexity index is 1510. The first-order valence-corrected chi connectivity index (χ1v) is 15.4. The van der Waals surface area contributed by atoms with Crippen LogP contribution < -0.4 is 14.8 Å². The zero-order valence-corrected chi connectivity index (χ0v) is 23.8. The number of nitrogens with one attached hydrogen (secondary N) is 2. The lowest BCUT2D eigenvalue weighted by molar-refractivity contribution is -0.136. The summed E-state index contributed by atoms with van der Waals surface area (Å²) >= 11 is 0. The predicted molar refractivity (Wildman–Crippen MR) is 144 cm³/mol.